The van der Waals surface area contributed by atoms with Crippen LogP contribution in [0.2, 0.25) is 0 Å². The first-order valence-corrected chi connectivity index (χ1v) is 10.6. The van der Waals surface area contributed by atoms with Gasteiger partial charge in [-0.15, -0.1) is 0 Å². The van der Waals surface area contributed by atoms with Crippen molar-refractivity contribution >= 4 is 17.3 Å². The Morgan fingerprint density at radius 2 is 1.96 bits per heavy atom. The molecule has 0 aromatic carbocycles. The third-order valence-corrected chi connectivity index (χ3v) is 5.72. The zero-order valence-electron chi connectivity index (χ0n) is 16.3. The lowest BCUT2D eigenvalue weighted by molar-refractivity contribution is 0.109. The molecule has 1 aromatic heterocycles. The van der Waals surface area contributed by atoms with Gasteiger partial charge in [0.25, 0.3) is 0 Å². The van der Waals surface area contributed by atoms with Crippen molar-refractivity contribution < 1.29 is 0 Å². The third kappa shape index (κ3) is 6.60. The molecule has 25 heavy (non-hydrogen) atoms. The molecule has 0 bridgehead atoms. The fraction of sp³-hybridized carbons (Fsp3) is 0.737. The summed E-state index contributed by atoms with van der Waals surface area (Å²) in [7, 11) is 0. The SMILES string of the molecule is CCNC(=NCC(C)N1CCN(CC)CC1)NCC(C)c1ccsc1. The highest BCUT2D eigenvalue weighted by molar-refractivity contribution is 7.07. The van der Waals surface area contributed by atoms with E-state index in [9.17, 15) is 0 Å². The molecule has 0 aliphatic carbocycles. The molecule has 1 saturated heterocycles. The van der Waals surface area contributed by atoms with Gasteiger partial charge in [-0.2, -0.15) is 11.3 Å². The second-order valence-electron chi connectivity index (χ2n) is 6.88. The highest BCUT2D eigenvalue weighted by Gasteiger charge is 2.19. The first-order chi connectivity index (χ1) is 12.1. The molecule has 0 radical (unpaired) electrons. The monoisotopic (exact) mass is 365 g/mol. The zero-order chi connectivity index (χ0) is 18.1. The minimum absolute atomic E-state index is 0.490. The molecular formula is C19H35N5S. The second kappa shape index (κ2) is 10.8. The van der Waals surface area contributed by atoms with Gasteiger partial charge in [-0.25, -0.2) is 0 Å². The standard InChI is InChI=1S/C19H35N5S/c1-5-20-19(21-13-16(3)18-7-12-25-15-18)22-14-17(4)24-10-8-23(6-2)9-11-24/h7,12,15-17H,5-6,8-11,13-14H2,1-4H3,(H2,20,21,22). The normalized spacial score (nSPS) is 19.6. The maximum Gasteiger partial charge on any atom is 0.191 e. The van der Waals surface area contributed by atoms with Gasteiger partial charge in [0.2, 0.25) is 0 Å². The van der Waals surface area contributed by atoms with E-state index in [1.54, 1.807) is 11.3 Å². The molecule has 1 fully saturated rings. The van der Waals surface area contributed by atoms with Crippen molar-refractivity contribution in [1.29, 1.82) is 0 Å². The fourth-order valence-electron chi connectivity index (χ4n) is 3.12. The van der Waals surface area contributed by atoms with Gasteiger partial charge >= 0.3 is 0 Å². The van der Waals surface area contributed by atoms with E-state index in [1.807, 2.05) is 0 Å². The summed E-state index contributed by atoms with van der Waals surface area (Å²) < 4.78 is 0. The molecule has 2 rings (SSSR count). The van der Waals surface area contributed by atoms with Crippen molar-refractivity contribution in [3.63, 3.8) is 0 Å². The number of thiophene rings is 1. The van der Waals surface area contributed by atoms with Gasteiger partial charge in [0.15, 0.2) is 5.96 Å². The summed E-state index contributed by atoms with van der Waals surface area (Å²) in [4.78, 5) is 9.90. The first kappa shape index (κ1) is 20.2. The maximum absolute atomic E-state index is 4.82. The van der Waals surface area contributed by atoms with Crippen LogP contribution >= 0.6 is 11.3 Å². The van der Waals surface area contributed by atoms with Crippen LogP contribution in [0.1, 0.15) is 39.2 Å². The van der Waals surface area contributed by atoms with Crippen LogP contribution in [0.25, 0.3) is 0 Å². The summed E-state index contributed by atoms with van der Waals surface area (Å²) in [5.41, 5.74) is 1.40. The lowest BCUT2D eigenvalue weighted by Gasteiger charge is -2.37. The first-order valence-electron chi connectivity index (χ1n) is 9.64. The number of rotatable bonds is 8. The van der Waals surface area contributed by atoms with Crippen molar-refractivity contribution in [2.24, 2.45) is 4.99 Å². The molecular weight excluding hydrogens is 330 g/mol. The van der Waals surface area contributed by atoms with Gasteiger partial charge in [-0.3, -0.25) is 9.89 Å². The smallest absolute Gasteiger partial charge is 0.191 e. The second-order valence-corrected chi connectivity index (χ2v) is 7.66. The van der Waals surface area contributed by atoms with E-state index in [0.29, 0.717) is 12.0 Å². The number of likely N-dealkylation sites (N-methyl/N-ethyl adjacent to an activating group) is 1. The molecule has 1 aliphatic heterocycles. The number of nitrogens with zero attached hydrogens (tertiary/aromatic N) is 3. The Hall–Kier alpha value is -1.11. The average molecular weight is 366 g/mol. The van der Waals surface area contributed by atoms with Crippen LogP contribution in [-0.2, 0) is 0 Å². The molecule has 2 atom stereocenters. The van der Waals surface area contributed by atoms with E-state index in [4.69, 9.17) is 4.99 Å². The molecule has 2 N–H and O–H groups in total. The largest absolute Gasteiger partial charge is 0.357 e. The van der Waals surface area contributed by atoms with Crippen molar-refractivity contribution in [3.05, 3.63) is 22.4 Å². The minimum atomic E-state index is 0.490. The zero-order valence-corrected chi connectivity index (χ0v) is 17.1. The average Bonchev–Trinajstić information content (AvgIpc) is 3.18. The highest BCUT2D eigenvalue weighted by atomic mass is 32.1. The molecule has 5 nitrogen and oxygen atoms in total. The molecule has 0 saturated carbocycles. The van der Waals surface area contributed by atoms with E-state index >= 15 is 0 Å². The van der Waals surface area contributed by atoms with Crippen molar-refractivity contribution in [2.45, 2.75) is 39.7 Å². The van der Waals surface area contributed by atoms with Crippen LogP contribution in [-0.4, -0.2) is 74.2 Å². The van der Waals surface area contributed by atoms with E-state index in [0.717, 1.165) is 45.2 Å². The molecule has 2 unspecified atom stereocenters. The Kier molecular flexibility index (Phi) is 8.72. The van der Waals surface area contributed by atoms with Crippen LogP contribution in [0.5, 0.6) is 0 Å². The Morgan fingerprint density at radius 1 is 1.20 bits per heavy atom. The van der Waals surface area contributed by atoms with Gasteiger partial charge < -0.3 is 15.5 Å². The summed E-state index contributed by atoms with van der Waals surface area (Å²) in [6, 6.07) is 2.70. The quantitative estimate of drug-likeness (QED) is 0.548. The number of guanidine groups is 1. The number of nitrogens with one attached hydrogen (secondary N) is 2. The van der Waals surface area contributed by atoms with Gasteiger partial charge in [-0.05, 0) is 48.7 Å². The van der Waals surface area contributed by atoms with E-state index in [1.165, 1.54) is 18.7 Å². The number of piperazine rings is 1. The molecule has 0 spiro atoms. The minimum Gasteiger partial charge on any atom is -0.357 e. The Labute approximate surface area is 157 Å². The molecule has 2 heterocycles. The lowest BCUT2D eigenvalue weighted by Crippen LogP contribution is -2.50. The molecule has 0 amide bonds. The summed E-state index contributed by atoms with van der Waals surface area (Å²) in [6.45, 7) is 17.4. The Morgan fingerprint density at radius 3 is 2.56 bits per heavy atom. The van der Waals surface area contributed by atoms with Crippen LogP contribution in [0.4, 0.5) is 0 Å². The summed E-state index contributed by atoms with van der Waals surface area (Å²) in [5, 5.41) is 11.2. The number of hydrogen-bond donors (Lipinski definition) is 2. The number of hydrogen-bond acceptors (Lipinski definition) is 4. The Balaban J connectivity index is 1.80. The summed E-state index contributed by atoms with van der Waals surface area (Å²) in [5.74, 6) is 1.43. The van der Waals surface area contributed by atoms with Crippen LogP contribution in [0.3, 0.4) is 0 Å². The predicted octanol–water partition coefficient (Wildman–Crippen LogP) is 2.43. The Bertz CT molecular complexity index is 494. The van der Waals surface area contributed by atoms with Gasteiger partial charge in [-0.1, -0.05) is 13.8 Å². The third-order valence-electron chi connectivity index (χ3n) is 5.02. The van der Waals surface area contributed by atoms with Crippen molar-refractivity contribution in [2.75, 3.05) is 52.4 Å². The summed E-state index contributed by atoms with van der Waals surface area (Å²) in [6.07, 6.45) is 0. The highest BCUT2D eigenvalue weighted by Crippen LogP contribution is 2.17. The molecule has 1 aromatic rings. The molecule has 142 valence electrons. The van der Waals surface area contributed by atoms with Crippen molar-refractivity contribution in [3.8, 4) is 0 Å². The lowest BCUT2D eigenvalue weighted by atomic mass is 10.1. The van der Waals surface area contributed by atoms with E-state index < -0.39 is 0 Å². The van der Waals surface area contributed by atoms with Crippen LogP contribution < -0.4 is 10.6 Å². The van der Waals surface area contributed by atoms with E-state index in [-0.39, 0.29) is 0 Å². The van der Waals surface area contributed by atoms with Gasteiger partial charge in [0, 0.05) is 45.3 Å². The molecule has 6 heteroatoms. The van der Waals surface area contributed by atoms with Crippen LogP contribution in [0, 0.1) is 0 Å². The predicted molar refractivity (Wildman–Crippen MR) is 110 cm³/mol. The summed E-state index contributed by atoms with van der Waals surface area (Å²) >= 11 is 1.76. The number of aliphatic imine (C=N–C) groups is 1. The van der Waals surface area contributed by atoms with Gasteiger partial charge in [0.05, 0.1) is 6.54 Å². The fourth-order valence-corrected chi connectivity index (χ4v) is 3.91. The maximum atomic E-state index is 4.82. The van der Waals surface area contributed by atoms with Gasteiger partial charge in [0.1, 0.15) is 0 Å². The topological polar surface area (TPSA) is 42.9 Å². The van der Waals surface area contributed by atoms with E-state index in [2.05, 4.69) is 65.0 Å². The van der Waals surface area contributed by atoms with Crippen LogP contribution in [0.15, 0.2) is 21.8 Å². The van der Waals surface area contributed by atoms with Crippen molar-refractivity contribution in [1.82, 2.24) is 20.4 Å². The molecule has 1 aliphatic rings.